The zero-order chi connectivity index (χ0) is 11.3. The quantitative estimate of drug-likeness (QED) is 0.773. The van der Waals surface area contributed by atoms with Crippen LogP contribution in [0.15, 0.2) is 0 Å². The zero-order valence-electron chi connectivity index (χ0n) is 10.2. The van der Waals surface area contributed by atoms with Crippen LogP contribution in [0, 0.1) is 0 Å². The van der Waals surface area contributed by atoms with Gasteiger partial charge in [-0.15, -0.1) is 12.4 Å². The van der Waals surface area contributed by atoms with Crippen molar-refractivity contribution in [2.24, 2.45) is 5.73 Å². The van der Waals surface area contributed by atoms with Gasteiger partial charge < -0.3 is 11.1 Å². The minimum Gasteiger partial charge on any atom is -0.353 e. The highest BCUT2D eigenvalue weighted by molar-refractivity contribution is 5.85. The summed E-state index contributed by atoms with van der Waals surface area (Å²) in [5.74, 6) is 0.124. The van der Waals surface area contributed by atoms with Gasteiger partial charge in [-0.2, -0.15) is 0 Å². The van der Waals surface area contributed by atoms with Crippen molar-refractivity contribution in [1.29, 1.82) is 0 Å². The molecule has 3 N–H and O–H groups in total. The number of hydrogen-bond acceptors (Lipinski definition) is 3. The number of hydrogen-bond donors (Lipinski definition) is 2. The summed E-state index contributed by atoms with van der Waals surface area (Å²) < 4.78 is 0. The molecule has 2 atom stereocenters. The number of nitrogens with zero attached hydrogens (tertiary/aromatic N) is 1. The summed E-state index contributed by atoms with van der Waals surface area (Å²) in [6.07, 6.45) is 3.17. The Balaban J connectivity index is 0.00000225. The maximum atomic E-state index is 11.6. The van der Waals surface area contributed by atoms with E-state index >= 15 is 0 Å². The number of nitrogens with two attached hydrogens (primary N) is 1. The van der Waals surface area contributed by atoms with Crippen LogP contribution in [-0.4, -0.2) is 42.5 Å². The Hall–Kier alpha value is -0.320. The third-order valence-corrected chi connectivity index (χ3v) is 2.93. The van der Waals surface area contributed by atoms with Gasteiger partial charge in [0.25, 0.3) is 0 Å². The summed E-state index contributed by atoms with van der Waals surface area (Å²) >= 11 is 0. The van der Waals surface area contributed by atoms with Gasteiger partial charge in [-0.05, 0) is 32.7 Å². The number of halogens is 1. The molecular weight excluding hydrogens is 226 g/mol. The lowest BCUT2D eigenvalue weighted by Crippen LogP contribution is -2.48. The van der Waals surface area contributed by atoms with Crippen LogP contribution >= 0.6 is 12.4 Å². The molecule has 16 heavy (non-hydrogen) atoms. The summed E-state index contributed by atoms with van der Waals surface area (Å²) in [5.41, 5.74) is 5.85. The first-order valence-electron chi connectivity index (χ1n) is 5.89. The fourth-order valence-electron chi connectivity index (χ4n) is 1.86. The van der Waals surface area contributed by atoms with Crippen molar-refractivity contribution < 1.29 is 4.79 Å². The highest BCUT2D eigenvalue weighted by Crippen LogP contribution is 2.07. The number of rotatable bonds is 4. The van der Waals surface area contributed by atoms with Crippen molar-refractivity contribution in [1.82, 2.24) is 10.2 Å². The van der Waals surface area contributed by atoms with Gasteiger partial charge in [0.15, 0.2) is 0 Å². The minimum atomic E-state index is 0. The van der Waals surface area contributed by atoms with Gasteiger partial charge in [0, 0.05) is 18.6 Å². The molecule has 0 aliphatic carbocycles. The van der Waals surface area contributed by atoms with Gasteiger partial charge in [-0.25, -0.2) is 0 Å². The van der Waals surface area contributed by atoms with Crippen LogP contribution in [0.4, 0.5) is 0 Å². The average molecular weight is 250 g/mol. The van der Waals surface area contributed by atoms with E-state index in [2.05, 4.69) is 17.1 Å². The van der Waals surface area contributed by atoms with E-state index < -0.39 is 0 Å². The molecular formula is C11H24ClN3O. The zero-order valence-corrected chi connectivity index (χ0v) is 11.1. The van der Waals surface area contributed by atoms with Gasteiger partial charge in [0.1, 0.15) is 0 Å². The largest absolute Gasteiger partial charge is 0.353 e. The highest BCUT2D eigenvalue weighted by atomic mass is 35.5. The fourth-order valence-corrected chi connectivity index (χ4v) is 1.86. The van der Waals surface area contributed by atoms with E-state index in [1.54, 1.807) is 0 Å². The molecule has 0 bridgehead atoms. The molecule has 0 aromatic carbocycles. The Bertz CT molecular complexity index is 213. The Morgan fingerprint density at radius 2 is 2.31 bits per heavy atom. The Morgan fingerprint density at radius 1 is 1.62 bits per heavy atom. The van der Waals surface area contributed by atoms with E-state index in [4.69, 9.17) is 5.73 Å². The van der Waals surface area contributed by atoms with Gasteiger partial charge >= 0.3 is 0 Å². The van der Waals surface area contributed by atoms with E-state index in [0.29, 0.717) is 6.54 Å². The molecule has 4 nitrogen and oxygen atoms in total. The summed E-state index contributed by atoms with van der Waals surface area (Å²) in [7, 11) is 0. The van der Waals surface area contributed by atoms with Crippen LogP contribution in [0.25, 0.3) is 0 Å². The van der Waals surface area contributed by atoms with Gasteiger partial charge in [-0.3, -0.25) is 9.69 Å². The molecule has 1 saturated heterocycles. The van der Waals surface area contributed by atoms with Gasteiger partial charge in [0.2, 0.25) is 5.91 Å². The Labute approximate surface area is 104 Å². The summed E-state index contributed by atoms with van der Waals surface area (Å²) in [5, 5.41) is 2.97. The molecule has 0 aromatic heterocycles. The van der Waals surface area contributed by atoms with Gasteiger partial charge in [-0.1, -0.05) is 6.92 Å². The van der Waals surface area contributed by atoms with Crippen LogP contribution < -0.4 is 11.1 Å². The molecule has 0 spiro atoms. The van der Waals surface area contributed by atoms with E-state index in [9.17, 15) is 4.79 Å². The predicted molar refractivity (Wildman–Crippen MR) is 68.8 cm³/mol. The molecule has 1 amide bonds. The molecule has 0 aromatic rings. The number of piperidine rings is 1. The number of nitrogens with one attached hydrogen (secondary N) is 1. The molecule has 1 aliphatic heterocycles. The lowest BCUT2D eigenvalue weighted by molar-refractivity contribution is -0.123. The minimum absolute atomic E-state index is 0. The first-order valence-corrected chi connectivity index (χ1v) is 5.89. The van der Waals surface area contributed by atoms with E-state index in [1.807, 2.05) is 6.92 Å². The molecule has 0 saturated carbocycles. The number of carbonyl (C=O) groups excluding carboxylic acids is 1. The van der Waals surface area contributed by atoms with Crippen LogP contribution in [0.3, 0.4) is 0 Å². The monoisotopic (exact) mass is 249 g/mol. The molecule has 5 heteroatoms. The van der Waals surface area contributed by atoms with Crippen LogP contribution in [0.1, 0.15) is 33.1 Å². The predicted octanol–water partition coefficient (Wildman–Crippen LogP) is 0.746. The van der Waals surface area contributed by atoms with Crippen LogP contribution in [0.2, 0.25) is 0 Å². The molecule has 0 radical (unpaired) electrons. The second-order valence-electron chi connectivity index (χ2n) is 4.51. The van der Waals surface area contributed by atoms with Crippen molar-refractivity contribution in [3.63, 3.8) is 0 Å². The molecule has 1 fully saturated rings. The normalized spacial score (nSPS) is 23.3. The topological polar surface area (TPSA) is 58.4 Å². The number of likely N-dealkylation sites (tertiary alicyclic amines) is 1. The second kappa shape index (κ2) is 7.87. The molecule has 1 rings (SSSR count). The fraction of sp³-hybridized carbons (Fsp3) is 0.909. The first-order chi connectivity index (χ1) is 7.11. The smallest absolute Gasteiger partial charge is 0.234 e. The van der Waals surface area contributed by atoms with Crippen LogP contribution in [-0.2, 0) is 4.79 Å². The third kappa shape index (κ3) is 5.68. The van der Waals surface area contributed by atoms with Crippen molar-refractivity contribution in [3.8, 4) is 0 Å². The van der Waals surface area contributed by atoms with Crippen molar-refractivity contribution in [3.05, 3.63) is 0 Å². The summed E-state index contributed by atoms with van der Waals surface area (Å²) in [4.78, 5) is 13.7. The lowest BCUT2D eigenvalue weighted by atomic mass is 10.1. The molecule has 96 valence electrons. The summed E-state index contributed by atoms with van der Waals surface area (Å²) in [6, 6.07) is 0.520. The average Bonchev–Trinajstić information content (AvgIpc) is 2.17. The molecule has 2 unspecified atom stereocenters. The third-order valence-electron chi connectivity index (χ3n) is 2.93. The summed E-state index contributed by atoms with van der Waals surface area (Å²) in [6.45, 7) is 6.45. The Morgan fingerprint density at radius 3 is 2.88 bits per heavy atom. The number of amides is 1. The van der Waals surface area contributed by atoms with Crippen molar-refractivity contribution in [2.75, 3.05) is 19.6 Å². The van der Waals surface area contributed by atoms with E-state index in [1.165, 1.54) is 0 Å². The maximum absolute atomic E-state index is 11.6. The van der Waals surface area contributed by atoms with Crippen molar-refractivity contribution in [2.45, 2.75) is 45.2 Å². The maximum Gasteiger partial charge on any atom is 0.234 e. The first kappa shape index (κ1) is 15.7. The number of carbonyl (C=O) groups is 1. The van der Waals surface area contributed by atoms with E-state index in [-0.39, 0.29) is 30.4 Å². The lowest BCUT2D eigenvalue weighted by Gasteiger charge is -2.30. The highest BCUT2D eigenvalue weighted by Gasteiger charge is 2.18. The Kier molecular flexibility index (Phi) is 7.72. The standard InChI is InChI=1S/C11H23N3O.ClH/c1-3-9(2)13-11(15)8-14-6-4-5-10(12)7-14;/h9-10H,3-8,12H2,1-2H3,(H,13,15);1H. The molecule has 1 heterocycles. The molecule has 1 aliphatic rings. The second-order valence-corrected chi connectivity index (χ2v) is 4.51. The van der Waals surface area contributed by atoms with Crippen molar-refractivity contribution >= 4 is 18.3 Å². The SMILES string of the molecule is CCC(C)NC(=O)CN1CCCC(N)C1.Cl. The van der Waals surface area contributed by atoms with Crippen LogP contribution in [0.5, 0.6) is 0 Å². The van der Waals surface area contributed by atoms with Gasteiger partial charge in [0.05, 0.1) is 6.54 Å². The van der Waals surface area contributed by atoms with E-state index in [0.717, 1.165) is 32.4 Å².